The van der Waals surface area contributed by atoms with Crippen molar-refractivity contribution in [3.8, 4) is 5.75 Å². The zero-order valence-electron chi connectivity index (χ0n) is 7.38. The largest absolute Gasteiger partial charge is 0.508 e. The molecule has 0 saturated carbocycles. The third-order valence-corrected chi connectivity index (χ3v) is 1.72. The van der Waals surface area contributed by atoms with Crippen molar-refractivity contribution in [3.05, 3.63) is 29.3 Å². The molecule has 1 aromatic carbocycles. The summed E-state index contributed by atoms with van der Waals surface area (Å²) in [6.07, 6.45) is -0.494. The fourth-order valence-corrected chi connectivity index (χ4v) is 0.967. The summed E-state index contributed by atoms with van der Waals surface area (Å²) in [5.41, 5.74) is -0.392. The van der Waals surface area contributed by atoms with Gasteiger partial charge in [-0.15, -0.1) is 0 Å². The summed E-state index contributed by atoms with van der Waals surface area (Å²) in [4.78, 5) is 10.8. The molecule has 3 nitrogen and oxygen atoms in total. The summed E-state index contributed by atoms with van der Waals surface area (Å²) in [7, 11) is 1.12. The molecule has 0 heterocycles. The molecule has 0 aliphatic rings. The molecule has 0 fully saturated rings. The highest BCUT2D eigenvalue weighted by atomic mass is 19.2. The van der Waals surface area contributed by atoms with E-state index in [4.69, 9.17) is 5.11 Å². The summed E-state index contributed by atoms with van der Waals surface area (Å²) < 4.78 is 30.0. The average Bonchev–Trinajstić information content (AvgIpc) is 2.18. The lowest BCUT2D eigenvalue weighted by Gasteiger charge is -2.04. The first-order valence-corrected chi connectivity index (χ1v) is 3.79. The van der Waals surface area contributed by atoms with Crippen LogP contribution in [-0.2, 0) is 16.0 Å². The van der Waals surface area contributed by atoms with Crippen LogP contribution in [0.2, 0.25) is 0 Å². The van der Waals surface area contributed by atoms with Crippen LogP contribution in [0, 0.1) is 11.6 Å². The van der Waals surface area contributed by atoms with Gasteiger partial charge in [0.2, 0.25) is 0 Å². The number of carbonyl (C=O) groups is 1. The van der Waals surface area contributed by atoms with E-state index < -0.39 is 35.3 Å². The van der Waals surface area contributed by atoms with Gasteiger partial charge in [-0.1, -0.05) is 0 Å². The molecule has 76 valence electrons. The minimum Gasteiger partial charge on any atom is -0.508 e. The van der Waals surface area contributed by atoms with E-state index in [1.165, 1.54) is 0 Å². The molecule has 1 aromatic rings. The van der Waals surface area contributed by atoms with Crippen molar-refractivity contribution in [2.75, 3.05) is 7.11 Å². The summed E-state index contributed by atoms with van der Waals surface area (Å²) in [6, 6.07) is 1.77. The monoisotopic (exact) mass is 202 g/mol. The molecular weight excluding hydrogens is 194 g/mol. The fraction of sp³-hybridized carbons (Fsp3) is 0.222. The van der Waals surface area contributed by atoms with Crippen molar-refractivity contribution >= 4 is 5.97 Å². The van der Waals surface area contributed by atoms with Crippen molar-refractivity contribution in [3.63, 3.8) is 0 Å². The molecule has 1 N–H and O–H groups in total. The van der Waals surface area contributed by atoms with Crippen molar-refractivity contribution < 1.29 is 23.4 Å². The second-order valence-electron chi connectivity index (χ2n) is 2.61. The Hall–Kier alpha value is -1.65. The molecule has 0 spiro atoms. The molecule has 0 aromatic heterocycles. The molecule has 0 unspecified atom stereocenters. The summed E-state index contributed by atoms with van der Waals surface area (Å²) in [5.74, 6) is -3.55. The fourth-order valence-electron chi connectivity index (χ4n) is 0.967. The summed E-state index contributed by atoms with van der Waals surface area (Å²) >= 11 is 0. The average molecular weight is 202 g/mol. The van der Waals surface area contributed by atoms with Gasteiger partial charge in [0.25, 0.3) is 0 Å². The number of hydrogen-bond donors (Lipinski definition) is 1. The Labute approximate surface area is 78.9 Å². The van der Waals surface area contributed by atoms with E-state index in [0.717, 1.165) is 19.2 Å². The SMILES string of the molecule is COC(=O)Cc1c(O)ccc(F)c1F. The molecule has 5 heteroatoms. The maximum absolute atomic E-state index is 13.0. The predicted octanol–water partition coefficient (Wildman–Crippen LogP) is 1.39. The Morgan fingerprint density at radius 2 is 2.14 bits per heavy atom. The van der Waals surface area contributed by atoms with Crippen LogP contribution in [0.1, 0.15) is 5.56 Å². The van der Waals surface area contributed by atoms with Gasteiger partial charge in [0.1, 0.15) is 5.75 Å². The van der Waals surface area contributed by atoms with E-state index in [2.05, 4.69) is 4.74 Å². The van der Waals surface area contributed by atoms with Crippen LogP contribution in [0.25, 0.3) is 0 Å². The Morgan fingerprint density at radius 3 is 2.71 bits per heavy atom. The number of phenols is 1. The van der Waals surface area contributed by atoms with Crippen LogP contribution < -0.4 is 0 Å². The predicted molar refractivity (Wildman–Crippen MR) is 43.7 cm³/mol. The maximum atomic E-state index is 13.0. The van der Waals surface area contributed by atoms with E-state index in [0.29, 0.717) is 0 Å². The number of halogens is 2. The van der Waals surface area contributed by atoms with Crippen molar-refractivity contribution in [2.24, 2.45) is 0 Å². The van der Waals surface area contributed by atoms with Gasteiger partial charge in [0.05, 0.1) is 13.5 Å². The minimum absolute atomic E-state index is 0.392. The van der Waals surface area contributed by atoms with Gasteiger partial charge in [-0.25, -0.2) is 8.78 Å². The number of ether oxygens (including phenoxy) is 1. The van der Waals surface area contributed by atoms with Gasteiger partial charge in [-0.05, 0) is 12.1 Å². The Bertz CT molecular complexity index is 363. The minimum atomic E-state index is -1.23. The second-order valence-corrected chi connectivity index (χ2v) is 2.61. The quantitative estimate of drug-likeness (QED) is 0.737. The lowest BCUT2D eigenvalue weighted by atomic mass is 10.1. The highest BCUT2D eigenvalue weighted by Gasteiger charge is 2.16. The first-order valence-electron chi connectivity index (χ1n) is 3.79. The first kappa shape index (κ1) is 10.4. The normalized spacial score (nSPS) is 9.93. The number of rotatable bonds is 2. The van der Waals surface area contributed by atoms with E-state index in [9.17, 15) is 13.6 Å². The zero-order chi connectivity index (χ0) is 10.7. The number of hydrogen-bond acceptors (Lipinski definition) is 3. The van der Waals surface area contributed by atoms with Crippen LogP contribution in [-0.4, -0.2) is 18.2 Å². The molecule has 0 aliphatic carbocycles. The number of aromatic hydroxyl groups is 1. The second kappa shape index (κ2) is 4.04. The van der Waals surface area contributed by atoms with Gasteiger partial charge in [0.15, 0.2) is 11.6 Å². The number of carbonyl (C=O) groups excluding carboxylic acids is 1. The summed E-state index contributed by atoms with van der Waals surface area (Å²) in [5, 5.41) is 9.15. The number of phenolic OH excluding ortho intramolecular Hbond substituents is 1. The standard InChI is InChI=1S/C9H8F2O3/c1-14-8(13)4-5-7(12)3-2-6(10)9(5)11/h2-3,12H,4H2,1H3. The molecule has 1 rings (SSSR count). The molecule has 0 atom stereocenters. The molecule has 0 aliphatic heterocycles. The molecule has 0 amide bonds. The maximum Gasteiger partial charge on any atom is 0.310 e. The van der Waals surface area contributed by atoms with Gasteiger partial charge in [-0.3, -0.25) is 4.79 Å². The molecular formula is C9H8F2O3. The van der Waals surface area contributed by atoms with Crippen molar-refractivity contribution in [1.29, 1.82) is 0 Å². The smallest absolute Gasteiger partial charge is 0.310 e. The van der Waals surface area contributed by atoms with Crippen LogP contribution in [0.4, 0.5) is 8.78 Å². The topological polar surface area (TPSA) is 46.5 Å². The van der Waals surface area contributed by atoms with E-state index in [1.54, 1.807) is 0 Å². The Morgan fingerprint density at radius 1 is 1.50 bits per heavy atom. The Kier molecular flexibility index (Phi) is 3.01. The van der Waals surface area contributed by atoms with Gasteiger partial charge in [0, 0.05) is 5.56 Å². The molecule has 0 bridgehead atoms. The zero-order valence-corrected chi connectivity index (χ0v) is 7.38. The van der Waals surface area contributed by atoms with Crippen molar-refractivity contribution in [2.45, 2.75) is 6.42 Å². The van der Waals surface area contributed by atoms with Crippen molar-refractivity contribution in [1.82, 2.24) is 0 Å². The Balaban J connectivity index is 3.06. The van der Waals surface area contributed by atoms with Crippen LogP contribution in [0.15, 0.2) is 12.1 Å². The molecule has 0 radical (unpaired) electrons. The van der Waals surface area contributed by atoms with E-state index in [1.807, 2.05) is 0 Å². The lowest BCUT2D eigenvalue weighted by molar-refractivity contribution is -0.139. The highest BCUT2D eigenvalue weighted by Crippen LogP contribution is 2.23. The highest BCUT2D eigenvalue weighted by molar-refractivity contribution is 5.73. The third kappa shape index (κ3) is 1.99. The molecule has 14 heavy (non-hydrogen) atoms. The first-order chi connectivity index (χ1) is 6.56. The number of esters is 1. The van der Waals surface area contributed by atoms with Gasteiger partial charge in [-0.2, -0.15) is 0 Å². The summed E-state index contributed by atoms with van der Waals surface area (Å²) in [6.45, 7) is 0. The lowest BCUT2D eigenvalue weighted by Crippen LogP contribution is -2.07. The third-order valence-electron chi connectivity index (χ3n) is 1.72. The van der Waals surface area contributed by atoms with Gasteiger partial charge >= 0.3 is 5.97 Å². The van der Waals surface area contributed by atoms with Crippen LogP contribution >= 0.6 is 0 Å². The molecule has 0 saturated heterocycles. The van der Waals surface area contributed by atoms with E-state index >= 15 is 0 Å². The number of methoxy groups -OCH3 is 1. The van der Waals surface area contributed by atoms with Crippen LogP contribution in [0.5, 0.6) is 5.75 Å². The number of benzene rings is 1. The van der Waals surface area contributed by atoms with Gasteiger partial charge < -0.3 is 9.84 Å². The van der Waals surface area contributed by atoms with E-state index in [-0.39, 0.29) is 0 Å². The van der Waals surface area contributed by atoms with Crippen LogP contribution in [0.3, 0.4) is 0 Å².